The van der Waals surface area contributed by atoms with Crippen molar-refractivity contribution in [3.63, 3.8) is 0 Å². The Morgan fingerprint density at radius 3 is 2.53 bits per heavy atom. The Morgan fingerprint density at radius 1 is 1.16 bits per heavy atom. The molecule has 0 aromatic heterocycles. The molecule has 1 heterocycles. The van der Waals surface area contributed by atoms with Crippen molar-refractivity contribution < 1.29 is 28.2 Å². The number of hydrogen-bond donors (Lipinski definition) is 1. The van der Waals surface area contributed by atoms with Crippen molar-refractivity contribution in [1.29, 1.82) is 0 Å². The fraction of sp³-hybridized carbons (Fsp3) is 0.250. The molecule has 0 unspecified atom stereocenters. The van der Waals surface area contributed by atoms with Crippen molar-refractivity contribution in [3.05, 3.63) is 65.6 Å². The molecular formula is C24H23FN2O5. The van der Waals surface area contributed by atoms with Gasteiger partial charge in [-0.05, 0) is 42.7 Å². The lowest BCUT2D eigenvalue weighted by atomic mass is 9.98. The van der Waals surface area contributed by atoms with Crippen LogP contribution in [-0.4, -0.2) is 43.6 Å². The lowest BCUT2D eigenvalue weighted by Crippen LogP contribution is -2.40. The highest BCUT2D eigenvalue weighted by Gasteiger charge is 2.24. The third-order valence-electron chi connectivity index (χ3n) is 4.87. The van der Waals surface area contributed by atoms with Gasteiger partial charge in [0.15, 0.2) is 0 Å². The molecule has 0 saturated heterocycles. The van der Waals surface area contributed by atoms with E-state index in [1.165, 1.54) is 25.4 Å². The lowest BCUT2D eigenvalue weighted by molar-refractivity contribution is -0.143. The maximum Gasteiger partial charge on any atom is 0.307 e. The number of ether oxygens (including phenoxy) is 2. The van der Waals surface area contributed by atoms with Crippen LogP contribution in [0.3, 0.4) is 0 Å². The van der Waals surface area contributed by atoms with E-state index in [1.807, 2.05) is 24.3 Å². The summed E-state index contributed by atoms with van der Waals surface area (Å²) in [7, 11) is 1.52. The van der Waals surface area contributed by atoms with Crippen LogP contribution < -0.4 is 10.1 Å². The second-order valence-electron chi connectivity index (χ2n) is 7.11. The van der Waals surface area contributed by atoms with Crippen LogP contribution in [0.2, 0.25) is 0 Å². The average molecular weight is 438 g/mol. The summed E-state index contributed by atoms with van der Waals surface area (Å²) in [6.45, 7) is 1.92. The third kappa shape index (κ3) is 5.66. The lowest BCUT2D eigenvalue weighted by Gasteiger charge is -2.18. The average Bonchev–Trinajstić information content (AvgIpc) is 3.20. The van der Waals surface area contributed by atoms with Crippen LogP contribution in [0.1, 0.15) is 18.9 Å². The first-order valence-corrected chi connectivity index (χ1v) is 10.1. The van der Waals surface area contributed by atoms with E-state index in [0.717, 1.165) is 17.3 Å². The maximum atomic E-state index is 13.7. The molecule has 0 saturated carbocycles. The van der Waals surface area contributed by atoms with Crippen molar-refractivity contribution in [2.75, 3.05) is 13.7 Å². The van der Waals surface area contributed by atoms with Gasteiger partial charge in [-0.15, -0.1) is 0 Å². The summed E-state index contributed by atoms with van der Waals surface area (Å²) in [5, 5.41) is 2.72. The summed E-state index contributed by atoms with van der Waals surface area (Å²) in [4.78, 5) is 39.9. The van der Waals surface area contributed by atoms with E-state index in [9.17, 15) is 18.8 Å². The smallest absolute Gasteiger partial charge is 0.307 e. The number of esters is 1. The normalized spacial score (nSPS) is 13.5. The molecule has 1 atom stereocenters. The van der Waals surface area contributed by atoms with E-state index in [-0.39, 0.29) is 24.4 Å². The van der Waals surface area contributed by atoms with E-state index >= 15 is 0 Å². The first-order valence-electron chi connectivity index (χ1n) is 10.1. The Labute approximate surface area is 184 Å². The Morgan fingerprint density at radius 2 is 1.91 bits per heavy atom. The van der Waals surface area contributed by atoms with Crippen LogP contribution in [0.15, 0.2) is 59.2 Å². The van der Waals surface area contributed by atoms with Crippen LogP contribution in [-0.2, 0) is 25.5 Å². The number of methoxy groups -OCH3 is 1. The highest BCUT2D eigenvalue weighted by Crippen LogP contribution is 2.31. The summed E-state index contributed by atoms with van der Waals surface area (Å²) >= 11 is 0. The standard InChI is InChI=1S/C24H23FN2O5/c1-3-32-23(29)12-18(27-24(30)20-13-26-14-21(20)28)10-15-4-6-16(7-5-15)19-11-17(25)8-9-22(19)31-2/h4-9,11,13-14,18H,3,10,12H2,1-2H3,(H,27,30)/t18-/m1/s1. The van der Waals surface area contributed by atoms with Gasteiger partial charge in [0.2, 0.25) is 5.78 Å². The Bertz CT molecular complexity index is 1080. The van der Waals surface area contributed by atoms with Crippen LogP contribution in [0.25, 0.3) is 11.1 Å². The number of ketones is 1. The predicted octanol–water partition coefficient (Wildman–Crippen LogP) is 3.02. The number of hydrogen-bond acceptors (Lipinski definition) is 6. The molecule has 166 valence electrons. The molecule has 1 aliphatic rings. The number of aliphatic imine (C=N–C) groups is 1. The Hall–Kier alpha value is -3.81. The summed E-state index contributed by atoms with van der Waals surface area (Å²) < 4.78 is 24.0. The molecule has 2 aromatic rings. The van der Waals surface area contributed by atoms with Crippen molar-refractivity contribution in [2.24, 2.45) is 4.99 Å². The minimum atomic E-state index is -0.595. The van der Waals surface area contributed by atoms with E-state index in [4.69, 9.17) is 9.47 Å². The number of nitrogens with zero attached hydrogens (tertiary/aromatic N) is 1. The van der Waals surface area contributed by atoms with E-state index in [2.05, 4.69) is 10.3 Å². The van der Waals surface area contributed by atoms with E-state index < -0.39 is 23.7 Å². The number of amides is 1. The third-order valence-corrected chi connectivity index (χ3v) is 4.87. The molecule has 1 amide bonds. The second-order valence-corrected chi connectivity index (χ2v) is 7.11. The molecule has 8 heteroatoms. The summed E-state index contributed by atoms with van der Waals surface area (Å²) in [5.41, 5.74) is 2.13. The Kier molecular flexibility index (Phi) is 7.49. The number of benzene rings is 2. The van der Waals surface area contributed by atoms with E-state index in [0.29, 0.717) is 17.7 Å². The highest BCUT2D eigenvalue weighted by atomic mass is 19.1. The quantitative estimate of drug-likeness (QED) is 0.480. The van der Waals surface area contributed by atoms with Crippen molar-refractivity contribution in [3.8, 4) is 16.9 Å². The van der Waals surface area contributed by atoms with Gasteiger partial charge in [-0.2, -0.15) is 0 Å². The molecule has 1 aliphatic heterocycles. The SMILES string of the molecule is CCOC(=O)C[C@@H](Cc1ccc(-c2cc(F)ccc2OC)cc1)NC(=O)C1=CN=CC1=O. The first-order chi connectivity index (χ1) is 15.4. The van der Waals surface area contributed by atoms with Crippen molar-refractivity contribution in [1.82, 2.24) is 5.32 Å². The van der Waals surface area contributed by atoms with Gasteiger partial charge in [-0.3, -0.25) is 19.4 Å². The second kappa shape index (κ2) is 10.5. The van der Waals surface area contributed by atoms with Gasteiger partial charge in [0.1, 0.15) is 17.1 Å². The number of halogens is 1. The fourth-order valence-corrected chi connectivity index (χ4v) is 3.35. The minimum absolute atomic E-state index is 0.0542. The van der Waals surface area contributed by atoms with Gasteiger partial charge >= 0.3 is 5.97 Å². The first kappa shape index (κ1) is 22.9. The van der Waals surface area contributed by atoms with Crippen LogP contribution in [0, 0.1) is 5.82 Å². The molecule has 0 spiro atoms. The predicted molar refractivity (Wildman–Crippen MR) is 117 cm³/mol. The molecule has 32 heavy (non-hydrogen) atoms. The molecule has 0 radical (unpaired) electrons. The van der Waals surface area contributed by atoms with E-state index in [1.54, 1.807) is 13.0 Å². The summed E-state index contributed by atoms with van der Waals surface area (Å²) in [6, 6.07) is 11.0. The van der Waals surface area contributed by atoms with Gasteiger partial charge in [0.25, 0.3) is 5.91 Å². The van der Waals surface area contributed by atoms with Gasteiger partial charge in [-0.1, -0.05) is 24.3 Å². The zero-order valence-electron chi connectivity index (χ0n) is 17.8. The monoisotopic (exact) mass is 438 g/mol. The molecule has 2 aromatic carbocycles. The number of carbonyl (C=O) groups is 3. The van der Waals surface area contributed by atoms with Gasteiger partial charge in [0.05, 0.1) is 26.4 Å². The molecular weight excluding hydrogens is 415 g/mol. The molecule has 0 bridgehead atoms. The van der Waals surface area contributed by atoms with Crippen LogP contribution in [0.4, 0.5) is 4.39 Å². The Balaban J connectivity index is 1.76. The number of nitrogens with one attached hydrogen (secondary N) is 1. The van der Waals surface area contributed by atoms with Crippen LogP contribution >= 0.6 is 0 Å². The van der Waals surface area contributed by atoms with Crippen LogP contribution in [0.5, 0.6) is 5.75 Å². The minimum Gasteiger partial charge on any atom is -0.496 e. The van der Waals surface area contributed by atoms with Crippen molar-refractivity contribution in [2.45, 2.75) is 25.8 Å². The molecule has 3 rings (SSSR count). The molecule has 1 N–H and O–H groups in total. The van der Waals surface area contributed by atoms with Gasteiger partial charge in [0, 0.05) is 17.8 Å². The zero-order chi connectivity index (χ0) is 23.1. The maximum absolute atomic E-state index is 13.7. The number of rotatable bonds is 9. The van der Waals surface area contributed by atoms with Gasteiger partial charge in [-0.25, -0.2) is 4.39 Å². The zero-order valence-corrected chi connectivity index (χ0v) is 17.8. The largest absolute Gasteiger partial charge is 0.496 e. The summed E-state index contributed by atoms with van der Waals surface area (Å²) in [6.07, 6.45) is 2.53. The molecule has 7 nitrogen and oxygen atoms in total. The van der Waals surface area contributed by atoms with Gasteiger partial charge < -0.3 is 14.8 Å². The van der Waals surface area contributed by atoms with Crippen molar-refractivity contribution >= 4 is 23.9 Å². The molecule has 0 fully saturated rings. The number of Topliss-reactive ketones (excluding diaryl/α,β-unsaturated/α-hetero) is 1. The topological polar surface area (TPSA) is 94.1 Å². The fourth-order valence-electron chi connectivity index (χ4n) is 3.35. The number of carbonyl (C=O) groups excluding carboxylic acids is 3. The molecule has 0 aliphatic carbocycles. The summed E-state index contributed by atoms with van der Waals surface area (Å²) in [5.74, 6) is -1.36. The highest BCUT2D eigenvalue weighted by molar-refractivity contribution is 6.44.